The Morgan fingerprint density at radius 3 is 2.23 bits per heavy atom. The lowest BCUT2D eigenvalue weighted by atomic mass is 10.0. The van der Waals surface area contributed by atoms with Crippen LogP contribution in [-0.4, -0.2) is 24.5 Å². The van der Waals surface area contributed by atoms with E-state index in [4.69, 9.17) is 27.9 Å². The first kappa shape index (κ1) is 22.2. The minimum absolute atomic E-state index is 0.159. The lowest BCUT2D eigenvalue weighted by Crippen LogP contribution is -2.34. The van der Waals surface area contributed by atoms with Crippen LogP contribution in [0.3, 0.4) is 0 Å². The SMILES string of the molecule is CCOc1ccc(CN(C)C(C(=O)Nc2cc(Cl)cc(Cl)c2)c2ccccc2)cc1. The summed E-state index contributed by atoms with van der Waals surface area (Å²) in [5.41, 5.74) is 2.55. The fourth-order valence-electron chi connectivity index (χ4n) is 3.31. The van der Waals surface area contributed by atoms with Gasteiger partial charge in [-0.2, -0.15) is 0 Å². The van der Waals surface area contributed by atoms with Gasteiger partial charge in [0, 0.05) is 22.3 Å². The molecule has 30 heavy (non-hydrogen) atoms. The number of nitrogens with zero attached hydrogens (tertiary/aromatic N) is 1. The molecule has 0 radical (unpaired) electrons. The summed E-state index contributed by atoms with van der Waals surface area (Å²) >= 11 is 12.2. The molecular weight excluding hydrogens is 419 g/mol. The fourth-order valence-corrected chi connectivity index (χ4v) is 3.84. The molecule has 0 bridgehead atoms. The van der Waals surface area contributed by atoms with Gasteiger partial charge in [-0.15, -0.1) is 0 Å². The van der Waals surface area contributed by atoms with Crippen LogP contribution in [0.2, 0.25) is 10.0 Å². The van der Waals surface area contributed by atoms with Gasteiger partial charge < -0.3 is 10.1 Å². The average Bonchev–Trinajstić information content (AvgIpc) is 2.70. The highest BCUT2D eigenvalue weighted by molar-refractivity contribution is 6.35. The van der Waals surface area contributed by atoms with Crippen LogP contribution in [-0.2, 0) is 11.3 Å². The van der Waals surface area contributed by atoms with Gasteiger partial charge in [0.2, 0.25) is 5.91 Å². The van der Waals surface area contributed by atoms with Crippen molar-refractivity contribution in [3.05, 3.63) is 94.0 Å². The molecule has 6 heteroatoms. The van der Waals surface area contributed by atoms with E-state index in [1.54, 1.807) is 18.2 Å². The van der Waals surface area contributed by atoms with Crippen LogP contribution in [0.25, 0.3) is 0 Å². The van der Waals surface area contributed by atoms with E-state index in [0.29, 0.717) is 28.9 Å². The summed E-state index contributed by atoms with van der Waals surface area (Å²) in [6.07, 6.45) is 0. The zero-order chi connectivity index (χ0) is 21.5. The Morgan fingerprint density at radius 2 is 1.63 bits per heavy atom. The molecule has 0 aromatic heterocycles. The molecule has 0 saturated heterocycles. The van der Waals surface area contributed by atoms with Gasteiger partial charge in [-0.1, -0.05) is 65.7 Å². The van der Waals surface area contributed by atoms with Crippen LogP contribution in [0.15, 0.2) is 72.8 Å². The average molecular weight is 443 g/mol. The molecule has 0 saturated carbocycles. The molecule has 3 rings (SSSR count). The number of rotatable bonds is 8. The third-order valence-corrected chi connectivity index (χ3v) is 5.04. The number of carbonyl (C=O) groups is 1. The van der Waals surface area contributed by atoms with Gasteiger partial charge in [0.05, 0.1) is 6.61 Å². The summed E-state index contributed by atoms with van der Waals surface area (Å²) in [6, 6.07) is 22.1. The Balaban J connectivity index is 1.82. The van der Waals surface area contributed by atoms with Gasteiger partial charge in [0.15, 0.2) is 0 Å². The van der Waals surface area contributed by atoms with Crippen LogP contribution >= 0.6 is 23.2 Å². The quantitative estimate of drug-likeness (QED) is 0.451. The van der Waals surface area contributed by atoms with Crippen molar-refractivity contribution in [1.82, 2.24) is 4.90 Å². The molecule has 0 spiro atoms. The number of likely N-dealkylation sites (N-methyl/N-ethyl adjacent to an activating group) is 1. The molecule has 0 aliphatic carbocycles. The Kier molecular flexibility index (Phi) is 7.75. The second kappa shape index (κ2) is 10.5. The van der Waals surface area contributed by atoms with Crippen LogP contribution < -0.4 is 10.1 Å². The summed E-state index contributed by atoms with van der Waals surface area (Å²) in [7, 11) is 1.93. The molecule has 1 atom stereocenters. The van der Waals surface area contributed by atoms with E-state index in [1.165, 1.54) is 0 Å². The summed E-state index contributed by atoms with van der Waals surface area (Å²) in [4.78, 5) is 15.3. The molecule has 0 aliphatic heterocycles. The van der Waals surface area contributed by atoms with Crippen molar-refractivity contribution in [2.75, 3.05) is 19.0 Å². The van der Waals surface area contributed by atoms with E-state index in [9.17, 15) is 4.79 Å². The summed E-state index contributed by atoms with van der Waals surface area (Å²) in [5.74, 6) is 0.673. The second-order valence-corrected chi connectivity index (χ2v) is 7.83. The molecule has 3 aromatic rings. The number of benzene rings is 3. The van der Waals surface area contributed by atoms with Crippen molar-refractivity contribution in [2.24, 2.45) is 0 Å². The fraction of sp³-hybridized carbons (Fsp3) is 0.208. The number of ether oxygens (including phenoxy) is 1. The zero-order valence-corrected chi connectivity index (χ0v) is 18.5. The molecule has 156 valence electrons. The minimum atomic E-state index is -0.490. The van der Waals surface area contributed by atoms with Gasteiger partial charge >= 0.3 is 0 Å². The second-order valence-electron chi connectivity index (χ2n) is 6.95. The van der Waals surface area contributed by atoms with Gasteiger partial charge in [-0.25, -0.2) is 0 Å². The molecule has 4 nitrogen and oxygen atoms in total. The third-order valence-electron chi connectivity index (χ3n) is 4.60. The first-order chi connectivity index (χ1) is 14.5. The van der Waals surface area contributed by atoms with E-state index in [1.807, 2.05) is 73.5 Å². The first-order valence-corrected chi connectivity index (χ1v) is 10.5. The van der Waals surface area contributed by atoms with E-state index >= 15 is 0 Å². The highest BCUT2D eigenvalue weighted by Crippen LogP contribution is 2.27. The maximum atomic E-state index is 13.2. The Labute approximate surface area is 187 Å². The first-order valence-electron chi connectivity index (χ1n) is 9.70. The topological polar surface area (TPSA) is 41.6 Å². The lowest BCUT2D eigenvalue weighted by Gasteiger charge is -2.28. The number of hydrogen-bond acceptors (Lipinski definition) is 3. The van der Waals surface area contributed by atoms with E-state index in [0.717, 1.165) is 16.9 Å². The van der Waals surface area contributed by atoms with E-state index < -0.39 is 6.04 Å². The number of carbonyl (C=O) groups excluding carboxylic acids is 1. The lowest BCUT2D eigenvalue weighted by molar-refractivity contribution is -0.121. The smallest absolute Gasteiger partial charge is 0.246 e. The summed E-state index contributed by atoms with van der Waals surface area (Å²) < 4.78 is 5.51. The van der Waals surface area contributed by atoms with Crippen molar-refractivity contribution < 1.29 is 9.53 Å². The van der Waals surface area contributed by atoms with Crippen LogP contribution in [0.4, 0.5) is 5.69 Å². The minimum Gasteiger partial charge on any atom is -0.494 e. The standard InChI is InChI=1S/C24H24Cl2N2O2/c1-3-30-22-11-9-17(10-12-22)16-28(2)23(18-7-5-4-6-8-18)24(29)27-21-14-19(25)13-20(26)15-21/h4-15,23H,3,16H2,1-2H3,(H,27,29). The normalized spacial score (nSPS) is 11.9. The molecule has 0 aliphatic rings. The van der Waals surface area contributed by atoms with E-state index in [2.05, 4.69) is 5.32 Å². The summed E-state index contributed by atoms with van der Waals surface area (Å²) in [6.45, 7) is 3.18. The number of nitrogens with one attached hydrogen (secondary N) is 1. The highest BCUT2D eigenvalue weighted by atomic mass is 35.5. The largest absolute Gasteiger partial charge is 0.494 e. The van der Waals surface area contributed by atoms with Crippen LogP contribution in [0.1, 0.15) is 24.1 Å². The van der Waals surface area contributed by atoms with Crippen LogP contribution in [0.5, 0.6) is 5.75 Å². The van der Waals surface area contributed by atoms with Crippen molar-refractivity contribution in [3.63, 3.8) is 0 Å². The summed E-state index contributed by atoms with van der Waals surface area (Å²) in [5, 5.41) is 3.88. The van der Waals surface area contributed by atoms with E-state index in [-0.39, 0.29) is 5.91 Å². The predicted octanol–water partition coefficient (Wildman–Crippen LogP) is 6.20. The number of hydrogen-bond donors (Lipinski definition) is 1. The van der Waals surface area contributed by atoms with Crippen molar-refractivity contribution in [1.29, 1.82) is 0 Å². The molecule has 0 heterocycles. The molecule has 0 fully saturated rings. The van der Waals surface area contributed by atoms with Gasteiger partial charge in [-0.3, -0.25) is 9.69 Å². The van der Waals surface area contributed by atoms with Crippen molar-refractivity contribution in [3.8, 4) is 5.75 Å². The molecular formula is C24H24Cl2N2O2. The monoisotopic (exact) mass is 442 g/mol. The van der Waals surface area contributed by atoms with Gasteiger partial charge in [0.25, 0.3) is 0 Å². The van der Waals surface area contributed by atoms with Crippen molar-refractivity contribution in [2.45, 2.75) is 19.5 Å². The molecule has 1 unspecified atom stereocenters. The highest BCUT2D eigenvalue weighted by Gasteiger charge is 2.25. The number of halogens is 2. The Hall–Kier alpha value is -2.53. The number of amides is 1. The zero-order valence-electron chi connectivity index (χ0n) is 16.9. The van der Waals surface area contributed by atoms with Gasteiger partial charge in [-0.05, 0) is 55.4 Å². The predicted molar refractivity (Wildman–Crippen MR) is 123 cm³/mol. The van der Waals surface area contributed by atoms with Crippen LogP contribution in [0, 0.1) is 0 Å². The Morgan fingerprint density at radius 1 is 1.00 bits per heavy atom. The maximum absolute atomic E-state index is 13.2. The number of anilines is 1. The van der Waals surface area contributed by atoms with Gasteiger partial charge in [0.1, 0.15) is 11.8 Å². The van der Waals surface area contributed by atoms with Crippen molar-refractivity contribution >= 4 is 34.8 Å². The molecule has 1 amide bonds. The maximum Gasteiger partial charge on any atom is 0.246 e. The third kappa shape index (κ3) is 5.99. The molecule has 3 aromatic carbocycles. The molecule has 1 N–H and O–H groups in total. The Bertz CT molecular complexity index is 958.